The molecule has 1 aliphatic heterocycles. The highest BCUT2D eigenvalue weighted by molar-refractivity contribution is 7.15. The summed E-state index contributed by atoms with van der Waals surface area (Å²) in [4.78, 5) is 52.0. The quantitative estimate of drug-likeness (QED) is 0.433. The van der Waals surface area contributed by atoms with Crippen molar-refractivity contribution in [1.29, 1.82) is 0 Å². The predicted molar refractivity (Wildman–Crippen MR) is 126 cm³/mol. The van der Waals surface area contributed by atoms with Crippen molar-refractivity contribution < 1.29 is 23.9 Å². The molecule has 0 fully saturated rings. The lowest BCUT2D eigenvalue weighted by atomic mass is 10.0. The number of fused-ring (bicyclic) bond motifs is 1. The van der Waals surface area contributed by atoms with Crippen molar-refractivity contribution in [2.24, 2.45) is 0 Å². The molecule has 1 unspecified atom stereocenters. The summed E-state index contributed by atoms with van der Waals surface area (Å²) in [5.74, 6) is -2.21. The van der Waals surface area contributed by atoms with Crippen molar-refractivity contribution in [3.63, 3.8) is 0 Å². The number of imide groups is 1. The molecule has 7 nitrogen and oxygen atoms in total. The van der Waals surface area contributed by atoms with Crippen LogP contribution >= 0.6 is 11.3 Å². The normalized spacial score (nSPS) is 13.6. The van der Waals surface area contributed by atoms with Gasteiger partial charge in [0.1, 0.15) is 16.6 Å². The number of ether oxygens (including phenoxy) is 1. The molecule has 0 saturated carbocycles. The first-order valence-electron chi connectivity index (χ1n) is 10.4. The Labute approximate surface area is 195 Å². The minimum Gasteiger partial charge on any atom is -0.465 e. The Bertz CT molecular complexity index is 1230. The van der Waals surface area contributed by atoms with Crippen LogP contribution in [0.5, 0.6) is 0 Å². The van der Waals surface area contributed by atoms with Crippen molar-refractivity contribution in [3.8, 4) is 11.1 Å². The molecule has 0 radical (unpaired) electrons. The summed E-state index contributed by atoms with van der Waals surface area (Å²) >= 11 is 1.18. The Morgan fingerprint density at radius 3 is 2.15 bits per heavy atom. The first-order chi connectivity index (χ1) is 15.9. The van der Waals surface area contributed by atoms with E-state index >= 15 is 0 Å². The van der Waals surface area contributed by atoms with Crippen LogP contribution in [0.3, 0.4) is 0 Å². The number of anilines is 1. The first-order valence-corrected chi connectivity index (χ1v) is 11.3. The third-order valence-electron chi connectivity index (χ3n) is 5.68. The van der Waals surface area contributed by atoms with Crippen molar-refractivity contribution in [2.75, 3.05) is 12.4 Å². The Kier molecular flexibility index (Phi) is 6.11. The number of rotatable bonds is 6. The lowest BCUT2D eigenvalue weighted by Gasteiger charge is -2.21. The van der Waals surface area contributed by atoms with Gasteiger partial charge in [-0.3, -0.25) is 19.3 Å². The van der Waals surface area contributed by atoms with Crippen LogP contribution in [0.2, 0.25) is 0 Å². The van der Waals surface area contributed by atoms with Crippen LogP contribution in [-0.2, 0) is 16.0 Å². The number of hydrogen-bond acceptors (Lipinski definition) is 6. The number of benzene rings is 2. The lowest BCUT2D eigenvalue weighted by molar-refractivity contribution is -0.119. The average molecular weight is 463 g/mol. The molecule has 8 heteroatoms. The fourth-order valence-corrected chi connectivity index (χ4v) is 4.74. The molecule has 3 amide bonds. The number of aryl methyl sites for hydroxylation is 1. The Hall–Kier alpha value is -3.78. The zero-order valence-electron chi connectivity index (χ0n) is 18.4. The van der Waals surface area contributed by atoms with E-state index in [0.717, 1.165) is 22.4 Å². The number of hydrogen-bond donors (Lipinski definition) is 1. The number of esters is 1. The number of methoxy groups -OCH3 is 1. The molecular formula is C25H22N2O5S. The molecule has 0 aliphatic carbocycles. The molecule has 1 aliphatic rings. The zero-order valence-corrected chi connectivity index (χ0v) is 19.2. The minimum atomic E-state index is -1.07. The maximum Gasteiger partial charge on any atom is 0.341 e. The molecule has 2 heterocycles. The van der Waals surface area contributed by atoms with Crippen LogP contribution in [0.15, 0.2) is 53.9 Å². The summed E-state index contributed by atoms with van der Waals surface area (Å²) < 4.78 is 4.96. The molecule has 0 bridgehead atoms. The van der Waals surface area contributed by atoms with Gasteiger partial charge in [-0.25, -0.2) is 4.79 Å². The Morgan fingerprint density at radius 2 is 1.61 bits per heavy atom. The van der Waals surface area contributed by atoms with Gasteiger partial charge in [0.15, 0.2) is 0 Å². The van der Waals surface area contributed by atoms with Gasteiger partial charge in [0.05, 0.1) is 18.2 Å². The van der Waals surface area contributed by atoms with E-state index in [2.05, 4.69) is 12.2 Å². The molecule has 4 rings (SSSR count). The van der Waals surface area contributed by atoms with Crippen molar-refractivity contribution >= 4 is 40.0 Å². The van der Waals surface area contributed by atoms with Gasteiger partial charge in [-0.05, 0) is 36.6 Å². The summed E-state index contributed by atoms with van der Waals surface area (Å²) in [6.07, 6.45) is 0.894. The smallest absolute Gasteiger partial charge is 0.341 e. The van der Waals surface area contributed by atoms with E-state index in [1.165, 1.54) is 25.4 Å². The molecule has 0 spiro atoms. The second-order valence-electron chi connectivity index (χ2n) is 7.59. The largest absolute Gasteiger partial charge is 0.465 e. The van der Waals surface area contributed by atoms with Gasteiger partial charge in [0, 0.05) is 10.9 Å². The summed E-state index contributed by atoms with van der Waals surface area (Å²) in [6.45, 7) is 3.54. The van der Waals surface area contributed by atoms with E-state index in [9.17, 15) is 19.2 Å². The highest BCUT2D eigenvalue weighted by Crippen LogP contribution is 2.36. The average Bonchev–Trinajstić information content (AvgIpc) is 3.37. The monoisotopic (exact) mass is 462 g/mol. The van der Waals surface area contributed by atoms with Crippen LogP contribution in [0.1, 0.15) is 50.5 Å². The SMILES string of the molecule is CCc1ccc(-c2csc(NC(=O)C(C)N3C(=O)c4ccccc4C3=O)c2C(=O)OC)cc1. The van der Waals surface area contributed by atoms with Crippen LogP contribution < -0.4 is 5.32 Å². The van der Waals surface area contributed by atoms with Crippen LogP contribution in [0.25, 0.3) is 11.1 Å². The molecule has 1 N–H and O–H groups in total. The van der Waals surface area contributed by atoms with E-state index < -0.39 is 29.7 Å². The summed E-state index contributed by atoms with van der Waals surface area (Å²) in [7, 11) is 1.27. The molecule has 2 aromatic carbocycles. The second-order valence-corrected chi connectivity index (χ2v) is 8.47. The van der Waals surface area contributed by atoms with E-state index in [1.807, 2.05) is 24.3 Å². The number of nitrogens with zero attached hydrogens (tertiary/aromatic N) is 1. The fraction of sp³-hybridized carbons (Fsp3) is 0.200. The van der Waals surface area contributed by atoms with Crippen LogP contribution in [0, 0.1) is 0 Å². The van der Waals surface area contributed by atoms with Crippen molar-refractivity contribution in [2.45, 2.75) is 26.3 Å². The van der Waals surface area contributed by atoms with Gasteiger partial charge in [-0.15, -0.1) is 11.3 Å². The second kappa shape index (κ2) is 8.99. The summed E-state index contributed by atoms with van der Waals surface area (Å²) in [5, 5.41) is 4.79. The molecule has 33 heavy (non-hydrogen) atoms. The van der Waals surface area contributed by atoms with E-state index in [1.54, 1.807) is 29.6 Å². The van der Waals surface area contributed by atoms with Crippen LogP contribution in [-0.4, -0.2) is 41.7 Å². The maximum atomic E-state index is 13.0. The highest BCUT2D eigenvalue weighted by Gasteiger charge is 2.41. The van der Waals surface area contributed by atoms with Crippen molar-refractivity contribution in [3.05, 3.63) is 76.2 Å². The van der Waals surface area contributed by atoms with E-state index in [-0.39, 0.29) is 16.7 Å². The molecule has 3 aromatic rings. The van der Waals surface area contributed by atoms with Gasteiger partial charge in [0.25, 0.3) is 11.8 Å². The van der Waals surface area contributed by atoms with E-state index in [4.69, 9.17) is 4.74 Å². The van der Waals surface area contributed by atoms with Gasteiger partial charge >= 0.3 is 5.97 Å². The minimum absolute atomic E-state index is 0.231. The number of carbonyl (C=O) groups excluding carboxylic acids is 4. The third kappa shape index (κ3) is 3.93. The molecule has 1 aromatic heterocycles. The summed E-state index contributed by atoms with van der Waals surface area (Å²) in [6, 6.07) is 13.2. The lowest BCUT2D eigenvalue weighted by Crippen LogP contribution is -2.45. The topological polar surface area (TPSA) is 92.8 Å². The van der Waals surface area contributed by atoms with Gasteiger partial charge in [0.2, 0.25) is 5.91 Å². The molecular weight excluding hydrogens is 440 g/mol. The van der Waals surface area contributed by atoms with Crippen LogP contribution in [0.4, 0.5) is 5.00 Å². The third-order valence-corrected chi connectivity index (χ3v) is 6.58. The van der Waals surface area contributed by atoms with E-state index in [0.29, 0.717) is 10.6 Å². The van der Waals surface area contributed by atoms with Crippen molar-refractivity contribution in [1.82, 2.24) is 4.90 Å². The predicted octanol–water partition coefficient (Wildman–Crippen LogP) is 4.39. The number of amides is 3. The summed E-state index contributed by atoms with van der Waals surface area (Å²) in [5.41, 5.74) is 3.39. The standard InChI is InChI=1S/C25H22N2O5S/c1-4-15-9-11-16(12-10-15)19-13-33-22(20(19)25(31)32-3)26-21(28)14(2)27-23(29)17-7-5-6-8-18(17)24(27)30/h5-14H,4H2,1-3H3,(H,26,28). The van der Waals surface area contributed by atoms with Gasteiger partial charge in [-0.2, -0.15) is 0 Å². The van der Waals surface area contributed by atoms with Gasteiger partial charge in [-0.1, -0.05) is 43.3 Å². The van der Waals surface area contributed by atoms with Gasteiger partial charge < -0.3 is 10.1 Å². The Morgan fingerprint density at radius 1 is 1.00 bits per heavy atom. The zero-order chi connectivity index (χ0) is 23.7. The highest BCUT2D eigenvalue weighted by atomic mass is 32.1. The molecule has 1 atom stereocenters. The Balaban J connectivity index is 1.62. The number of thiophene rings is 1. The maximum absolute atomic E-state index is 13.0. The molecule has 168 valence electrons. The molecule has 0 saturated heterocycles. The first kappa shape index (κ1) is 22.4. The number of carbonyl (C=O) groups is 4. The number of nitrogens with one attached hydrogen (secondary N) is 1. The fourth-order valence-electron chi connectivity index (χ4n) is 3.78.